The Hall–Kier alpha value is -2.31. The molecular weight excluding hydrogens is 918 g/mol. The highest BCUT2D eigenvalue weighted by atomic mass is 16.7. The standard InChI is InChI=1S/C45H83N3O21/c1-26(25-62-16-9-6-12-19-65-44-35(47-28(3)53)41(59)38(56)32(23-50)68-44)30(63-17-10-7-13-20-66-45-36(48-29(4)54)42(60)39(57)33(24-51)69-45)14-21-61-15-8-5-11-18-64-43-34(46-27(2)52)40(58)37(55)31(22-49)67-43/h26,30-45,49-51,55-60H,5-25H2,1-4H3,(H,46,52)(H,47,53)(H,48,54)/t26?,30?,31?,32?,33?,34?,35?,36?,37-,38-,39-,40?,41?,42?,43+,44+,45+/m0/s1. The first-order valence-corrected chi connectivity index (χ1v) is 24.3. The minimum absolute atomic E-state index is 0.0108. The van der Waals surface area contributed by atoms with Crippen molar-refractivity contribution in [1.82, 2.24) is 16.0 Å². The van der Waals surface area contributed by atoms with E-state index >= 15 is 0 Å². The van der Waals surface area contributed by atoms with E-state index in [1.807, 2.05) is 6.92 Å². The van der Waals surface area contributed by atoms with Gasteiger partial charge in [0.2, 0.25) is 17.7 Å². The number of carbonyl (C=O) groups excluding carboxylic acids is 3. The molecule has 0 spiro atoms. The van der Waals surface area contributed by atoms with Crippen LogP contribution in [0.25, 0.3) is 0 Å². The number of rotatable bonds is 34. The van der Waals surface area contributed by atoms with Gasteiger partial charge in [0.1, 0.15) is 73.1 Å². The Morgan fingerprint density at radius 3 is 1.14 bits per heavy atom. The molecule has 24 nitrogen and oxygen atoms in total. The zero-order chi connectivity index (χ0) is 50.9. The van der Waals surface area contributed by atoms with E-state index in [1.54, 1.807) is 0 Å². The second-order valence-corrected chi connectivity index (χ2v) is 18.0. The number of nitrogens with one attached hydrogen (secondary N) is 3. The average Bonchev–Trinajstić information content (AvgIpc) is 3.31. The lowest BCUT2D eigenvalue weighted by Crippen LogP contribution is -2.64. The smallest absolute Gasteiger partial charge is 0.217 e. The van der Waals surface area contributed by atoms with Gasteiger partial charge in [-0.15, -0.1) is 0 Å². The fourth-order valence-electron chi connectivity index (χ4n) is 8.23. The van der Waals surface area contributed by atoms with Crippen molar-refractivity contribution in [2.45, 2.75) is 190 Å². The fraction of sp³-hybridized carbons (Fsp3) is 0.933. The third kappa shape index (κ3) is 21.0. The highest BCUT2D eigenvalue weighted by molar-refractivity contribution is 5.74. The van der Waals surface area contributed by atoms with Crippen molar-refractivity contribution < 1.29 is 103 Å². The van der Waals surface area contributed by atoms with Gasteiger partial charge in [-0.25, -0.2) is 0 Å². The van der Waals surface area contributed by atoms with Gasteiger partial charge in [0.05, 0.1) is 32.5 Å². The predicted octanol–water partition coefficient (Wildman–Crippen LogP) is -3.18. The number of unbranched alkanes of at least 4 members (excludes halogenated alkanes) is 6. The van der Waals surface area contributed by atoms with Crippen LogP contribution in [0.3, 0.4) is 0 Å². The summed E-state index contributed by atoms with van der Waals surface area (Å²) in [6.07, 6.45) is -8.01. The van der Waals surface area contributed by atoms with E-state index < -0.39 is 129 Å². The maximum atomic E-state index is 11.7. The summed E-state index contributed by atoms with van der Waals surface area (Å²) in [6, 6.07) is -3.02. The minimum atomic E-state index is -1.40. The van der Waals surface area contributed by atoms with Crippen molar-refractivity contribution in [1.29, 1.82) is 0 Å². The number of aliphatic hydroxyl groups excluding tert-OH is 9. The first-order chi connectivity index (χ1) is 33.0. The summed E-state index contributed by atoms with van der Waals surface area (Å²) >= 11 is 0. The molecule has 3 aliphatic rings. The molecule has 404 valence electrons. The highest BCUT2D eigenvalue weighted by Gasteiger charge is 2.47. The third-order valence-corrected chi connectivity index (χ3v) is 12.1. The molecule has 3 fully saturated rings. The lowest BCUT2D eigenvalue weighted by Gasteiger charge is -2.42. The van der Waals surface area contributed by atoms with Gasteiger partial charge < -0.3 is 105 Å². The van der Waals surface area contributed by atoms with Crippen LogP contribution in [0.15, 0.2) is 0 Å². The molecule has 69 heavy (non-hydrogen) atoms. The Morgan fingerprint density at radius 2 is 0.797 bits per heavy atom. The highest BCUT2D eigenvalue weighted by Crippen LogP contribution is 2.25. The molecule has 12 N–H and O–H groups in total. The zero-order valence-corrected chi connectivity index (χ0v) is 40.6. The van der Waals surface area contributed by atoms with Crippen LogP contribution in [0, 0.1) is 5.92 Å². The van der Waals surface area contributed by atoms with Crippen molar-refractivity contribution in [2.75, 3.05) is 72.7 Å². The molecule has 3 amide bonds. The molecule has 17 atom stereocenters. The van der Waals surface area contributed by atoms with Crippen molar-refractivity contribution in [3.05, 3.63) is 0 Å². The van der Waals surface area contributed by atoms with E-state index in [1.165, 1.54) is 20.8 Å². The summed E-state index contributed by atoms with van der Waals surface area (Å²) in [7, 11) is 0. The Balaban J connectivity index is 1.41. The molecule has 0 radical (unpaired) electrons. The van der Waals surface area contributed by atoms with Crippen molar-refractivity contribution in [3.8, 4) is 0 Å². The number of carbonyl (C=O) groups is 3. The van der Waals surface area contributed by atoms with Crippen molar-refractivity contribution in [2.24, 2.45) is 5.92 Å². The third-order valence-electron chi connectivity index (χ3n) is 12.1. The normalized spacial score (nSPS) is 32.6. The van der Waals surface area contributed by atoms with Crippen LogP contribution in [0.1, 0.15) is 91.9 Å². The summed E-state index contributed by atoms with van der Waals surface area (Å²) in [5.74, 6) is -1.29. The summed E-state index contributed by atoms with van der Waals surface area (Å²) in [6.45, 7) is 7.29. The van der Waals surface area contributed by atoms with Gasteiger partial charge in [-0.05, 0) is 64.2 Å². The Morgan fingerprint density at radius 1 is 0.464 bits per heavy atom. The van der Waals surface area contributed by atoms with E-state index in [9.17, 15) is 60.3 Å². The van der Waals surface area contributed by atoms with Gasteiger partial charge in [0, 0.05) is 72.9 Å². The van der Waals surface area contributed by atoms with Gasteiger partial charge in [-0.3, -0.25) is 14.4 Å². The monoisotopic (exact) mass is 1000 g/mol. The summed E-state index contributed by atoms with van der Waals surface area (Å²) in [5, 5.41) is 98.5. The first-order valence-electron chi connectivity index (χ1n) is 24.3. The molecule has 11 unspecified atom stereocenters. The SMILES string of the molecule is CC(=O)NC1C(O)[C@@H](O)C(CO)O[C@H]1OCCCCCOCCC(OCCCCCO[C@@H]1OC(CO)[C@H](O)C(O)C1NC(C)=O)C(C)COCCCCCO[C@@H]1OC(CO)[C@H](O)C(O)C1NC(C)=O. The van der Waals surface area contributed by atoms with E-state index in [-0.39, 0.29) is 31.8 Å². The molecule has 24 heteroatoms. The molecule has 0 aromatic heterocycles. The number of amides is 3. The summed E-state index contributed by atoms with van der Waals surface area (Å²) < 4.78 is 52.6. The molecule has 3 saturated heterocycles. The molecule has 3 aliphatic heterocycles. The molecule has 3 rings (SSSR count). The van der Waals surface area contributed by atoms with Gasteiger partial charge >= 0.3 is 0 Å². The first kappa shape index (κ1) is 61.0. The van der Waals surface area contributed by atoms with Gasteiger partial charge in [0.15, 0.2) is 18.9 Å². The lowest BCUT2D eigenvalue weighted by atomic mass is 9.97. The van der Waals surface area contributed by atoms with Gasteiger partial charge in [0.25, 0.3) is 0 Å². The molecule has 0 aliphatic carbocycles. The zero-order valence-electron chi connectivity index (χ0n) is 40.6. The predicted molar refractivity (Wildman–Crippen MR) is 241 cm³/mol. The van der Waals surface area contributed by atoms with Crippen molar-refractivity contribution in [3.63, 3.8) is 0 Å². The lowest BCUT2D eigenvalue weighted by molar-refractivity contribution is -0.270. The van der Waals surface area contributed by atoms with E-state index in [2.05, 4.69) is 16.0 Å². The molecule has 0 saturated carbocycles. The molecular formula is C45H83N3O21. The maximum absolute atomic E-state index is 11.7. The topological polar surface area (TPSA) is 352 Å². The van der Waals surface area contributed by atoms with Crippen LogP contribution < -0.4 is 16.0 Å². The number of aliphatic hydroxyl groups is 9. The fourth-order valence-corrected chi connectivity index (χ4v) is 8.23. The van der Waals surface area contributed by atoms with E-state index in [4.69, 9.17) is 42.6 Å². The van der Waals surface area contributed by atoms with Crippen LogP contribution in [-0.4, -0.2) is 234 Å². The number of ether oxygens (including phenoxy) is 9. The summed E-state index contributed by atoms with van der Waals surface area (Å²) in [4.78, 5) is 35.1. The van der Waals surface area contributed by atoms with E-state index in [0.717, 1.165) is 32.1 Å². The number of hydrogen-bond acceptors (Lipinski definition) is 21. The van der Waals surface area contributed by atoms with Gasteiger partial charge in [-0.2, -0.15) is 0 Å². The second-order valence-electron chi connectivity index (χ2n) is 18.0. The summed E-state index contributed by atoms with van der Waals surface area (Å²) in [5.41, 5.74) is 0. The minimum Gasteiger partial charge on any atom is -0.394 e. The largest absolute Gasteiger partial charge is 0.394 e. The quantitative estimate of drug-likeness (QED) is 0.0283. The molecule has 3 heterocycles. The van der Waals surface area contributed by atoms with Crippen molar-refractivity contribution >= 4 is 17.7 Å². The Kier molecular flexibility index (Phi) is 29.5. The van der Waals surface area contributed by atoms with E-state index in [0.29, 0.717) is 65.1 Å². The second kappa shape index (κ2) is 33.4. The number of hydrogen-bond donors (Lipinski definition) is 12. The molecule has 0 aromatic rings. The van der Waals surface area contributed by atoms with Gasteiger partial charge in [-0.1, -0.05) is 6.92 Å². The maximum Gasteiger partial charge on any atom is 0.217 e. The van der Waals surface area contributed by atoms with Crippen LogP contribution in [-0.2, 0) is 57.0 Å². The van der Waals surface area contributed by atoms with Crippen LogP contribution in [0.4, 0.5) is 0 Å². The average molecular weight is 1000 g/mol. The van der Waals surface area contributed by atoms with Crippen LogP contribution >= 0.6 is 0 Å². The van der Waals surface area contributed by atoms with Crippen LogP contribution in [0.2, 0.25) is 0 Å². The van der Waals surface area contributed by atoms with Crippen LogP contribution in [0.5, 0.6) is 0 Å². The Labute approximate surface area is 404 Å². The molecule has 0 aromatic carbocycles. The Bertz CT molecular complexity index is 1430. The molecule has 0 bridgehead atoms.